The second kappa shape index (κ2) is 7.87. The first-order valence-corrected chi connectivity index (χ1v) is 13.1. The SMILES string of the molecule is Cc1c(C(=O)N2CCc3ccccc3C2)sc2ncnc(NC[C@@H]3CCS(=O)(=O)C3)c12. The van der Waals surface area contributed by atoms with Crippen LogP contribution in [0, 0.1) is 12.8 Å². The molecule has 9 heteroatoms. The molecular weight excluding hydrogens is 432 g/mol. The van der Waals surface area contributed by atoms with Gasteiger partial charge in [-0.05, 0) is 42.4 Å². The number of hydrogen-bond donors (Lipinski definition) is 1. The smallest absolute Gasteiger partial charge is 0.264 e. The molecule has 2 aliphatic rings. The van der Waals surface area contributed by atoms with E-state index in [1.807, 2.05) is 24.0 Å². The molecule has 1 N–H and O–H groups in total. The predicted molar refractivity (Wildman–Crippen MR) is 122 cm³/mol. The van der Waals surface area contributed by atoms with E-state index in [9.17, 15) is 13.2 Å². The van der Waals surface area contributed by atoms with Gasteiger partial charge in [0.1, 0.15) is 17.0 Å². The second-order valence-corrected chi connectivity index (χ2v) is 11.6. The number of carbonyl (C=O) groups excluding carboxylic acids is 1. The van der Waals surface area contributed by atoms with E-state index in [1.165, 1.54) is 28.8 Å². The van der Waals surface area contributed by atoms with Crippen molar-refractivity contribution in [2.24, 2.45) is 5.92 Å². The van der Waals surface area contributed by atoms with E-state index >= 15 is 0 Å². The Morgan fingerprint density at radius 1 is 1.26 bits per heavy atom. The Morgan fingerprint density at radius 2 is 2.06 bits per heavy atom. The van der Waals surface area contributed by atoms with Crippen molar-refractivity contribution in [3.63, 3.8) is 0 Å². The Bertz CT molecular complexity index is 1270. The van der Waals surface area contributed by atoms with E-state index in [-0.39, 0.29) is 23.3 Å². The van der Waals surface area contributed by atoms with E-state index in [4.69, 9.17) is 0 Å². The molecule has 2 aliphatic heterocycles. The van der Waals surface area contributed by atoms with Gasteiger partial charge in [-0.1, -0.05) is 24.3 Å². The van der Waals surface area contributed by atoms with E-state index in [0.717, 1.165) is 22.2 Å². The normalized spacial score (nSPS) is 20.0. The molecule has 4 heterocycles. The number of nitrogens with zero attached hydrogens (tertiary/aromatic N) is 3. The lowest BCUT2D eigenvalue weighted by Crippen LogP contribution is -2.35. The summed E-state index contributed by atoms with van der Waals surface area (Å²) in [6.45, 7) is 3.82. The van der Waals surface area contributed by atoms with Gasteiger partial charge in [0.15, 0.2) is 9.84 Å². The van der Waals surface area contributed by atoms with Gasteiger partial charge in [0.2, 0.25) is 0 Å². The molecule has 0 saturated carbocycles. The number of nitrogens with one attached hydrogen (secondary N) is 1. The van der Waals surface area contributed by atoms with Crippen LogP contribution in [0.1, 0.15) is 32.8 Å². The number of benzene rings is 1. The van der Waals surface area contributed by atoms with Crippen LogP contribution >= 0.6 is 11.3 Å². The third-order valence-corrected chi connectivity index (χ3v) is 9.25. The van der Waals surface area contributed by atoms with Gasteiger partial charge in [-0.15, -0.1) is 11.3 Å². The highest BCUT2D eigenvalue weighted by Gasteiger charge is 2.29. The number of aromatic nitrogens is 2. The first-order chi connectivity index (χ1) is 14.9. The number of anilines is 1. The molecule has 0 aliphatic carbocycles. The average Bonchev–Trinajstić information content (AvgIpc) is 3.30. The highest BCUT2D eigenvalue weighted by Crippen LogP contribution is 2.35. The lowest BCUT2D eigenvalue weighted by atomic mass is 9.99. The van der Waals surface area contributed by atoms with Crippen LogP contribution in [0.2, 0.25) is 0 Å². The summed E-state index contributed by atoms with van der Waals surface area (Å²) in [5.41, 5.74) is 3.39. The monoisotopic (exact) mass is 456 g/mol. The van der Waals surface area contributed by atoms with Crippen LogP contribution in [0.15, 0.2) is 30.6 Å². The predicted octanol–water partition coefficient (Wildman–Crippen LogP) is 3.04. The number of rotatable bonds is 4. The summed E-state index contributed by atoms with van der Waals surface area (Å²) >= 11 is 1.40. The summed E-state index contributed by atoms with van der Waals surface area (Å²) in [6, 6.07) is 8.27. The zero-order valence-electron chi connectivity index (χ0n) is 17.3. The first kappa shape index (κ1) is 20.4. The van der Waals surface area contributed by atoms with E-state index < -0.39 is 9.84 Å². The van der Waals surface area contributed by atoms with Crippen molar-refractivity contribution >= 4 is 43.1 Å². The van der Waals surface area contributed by atoms with E-state index in [0.29, 0.717) is 36.8 Å². The fourth-order valence-electron chi connectivity index (χ4n) is 4.50. The second-order valence-electron chi connectivity index (χ2n) is 8.35. The number of hydrogen-bond acceptors (Lipinski definition) is 7. The number of aryl methyl sites for hydroxylation is 1. The van der Waals surface area contributed by atoms with E-state index in [1.54, 1.807) is 0 Å². The molecule has 1 amide bonds. The Kier molecular flexibility index (Phi) is 5.18. The molecule has 5 rings (SSSR count). The third-order valence-electron chi connectivity index (χ3n) is 6.22. The molecule has 1 atom stereocenters. The number of amides is 1. The lowest BCUT2D eigenvalue weighted by molar-refractivity contribution is 0.0739. The topological polar surface area (TPSA) is 92.3 Å². The van der Waals surface area contributed by atoms with Crippen LogP contribution in [0.5, 0.6) is 0 Å². The highest BCUT2D eigenvalue weighted by atomic mass is 32.2. The quantitative estimate of drug-likeness (QED) is 0.649. The van der Waals surface area contributed by atoms with Crippen LogP contribution in [-0.2, 0) is 22.8 Å². The number of fused-ring (bicyclic) bond motifs is 2. The molecule has 1 fully saturated rings. The van der Waals surface area contributed by atoms with Crippen molar-refractivity contribution in [2.45, 2.75) is 26.3 Å². The van der Waals surface area contributed by atoms with Crippen molar-refractivity contribution < 1.29 is 13.2 Å². The minimum absolute atomic E-state index is 0.0304. The lowest BCUT2D eigenvalue weighted by Gasteiger charge is -2.28. The van der Waals surface area contributed by atoms with Gasteiger partial charge in [0, 0.05) is 19.6 Å². The maximum atomic E-state index is 13.4. The number of sulfone groups is 1. The van der Waals surface area contributed by atoms with E-state index in [2.05, 4.69) is 27.4 Å². The molecule has 0 radical (unpaired) electrons. The summed E-state index contributed by atoms with van der Waals surface area (Å²) in [4.78, 5) is 25.5. The van der Waals surface area contributed by atoms with Gasteiger partial charge in [-0.2, -0.15) is 0 Å². The summed E-state index contributed by atoms with van der Waals surface area (Å²) in [5.74, 6) is 1.27. The van der Waals surface area contributed by atoms with Gasteiger partial charge in [-0.3, -0.25) is 4.79 Å². The summed E-state index contributed by atoms with van der Waals surface area (Å²) in [6.07, 6.45) is 3.03. The van der Waals surface area contributed by atoms with Crippen LogP contribution in [0.25, 0.3) is 10.2 Å². The molecule has 162 valence electrons. The zero-order chi connectivity index (χ0) is 21.6. The summed E-state index contributed by atoms with van der Waals surface area (Å²) < 4.78 is 23.5. The number of carbonyl (C=O) groups is 1. The maximum absolute atomic E-state index is 13.4. The molecule has 0 unspecified atom stereocenters. The Balaban J connectivity index is 1.39. The molecule has 3 aromatic rings. The molecule has 1 saturated heterocycles. The van der Waals surface area contributed by atoms with Crippen molar-refractivity contribution in [1.82, 2.24) is 14.9 Å². The fraction of sp³-hybridized carbons (Fsp3) is 0.409. The maximum Gasteiger partial charge on any atom is 0.264 e. The van der Waals surface area contributed by atoms with Gasteiger partial charge < -0.3 is 10.2 Å². The first-order valence-electron chi connectivity index (χ1n) is 10.5. The Hall–Kier alpha value is -2.52. The summed E-state index contributed by atoms with van der Waals surface area (Å²) in [7, 11) is -2.91. The molecule has 31 heavy (non-hydrogen) atoms. The highest BCUT2D eigenvalue weighted by molar-refractivity contribution is 7.91. The van der Waals surface area contributed by atoms with Crippen LogP contribution in [-0.4, -0.2) is 53.8 Å². The standard InChI is InChI=1S/C22H24N4O3S2/c1-14-18-20(23-10-15-7-9-31(28,29)12-15)24-13-25-21(18)30-19(14)22(27)26-8-6-16-4-2-3-5-17(16)11-26/h2-5,13,15H,6-12H2,1H3,(H,23,24,25)/t15-/m0/s1. The minimum Gasteiger partial charge on any atom is -0.369 e. The van der Waals surface area contributed by atoms with Gasteiger partial charge in [-0.25, -0.2) is 18.4 Å². The van der Waals surface area contributed by atoms with Crippen LogP contribution in [0.4, 0.5) is 5.82 Å². The van der Waals surface area contributed by atoms with Crippen molar-refractivity contribution in [3.05, 3.63) is 52.2 Å². The minimum atomic E-state index is -2.91. The van der Waals surface area contributed by atoms with Gasteiger partial charge in [0.05, 0.1) is 21.8 Å². The average molecular weight is 457 g/mol. The van der Waals surface area contributed by atoms with Crippen molar-refractivity contribution in [2.75, 3.05) is 29.9 Å². The Morgan fingerprint density at radius 3 is 2.84 bits per heavy atom. The third kappa shape index (κ3) is 3.92. The molecule has 0 spiro atoms. The summed E-state index contributed by atoms with van der Waals surface area (Å²) in [5, 5.41) is 4.17. The molecule has 1 aromatic carbocycles. The van der Waals surface area contributed by atoms with Gasteiger partial charge in [0.25, 0.3) is 5.91 Å². The van der Waals surface area contributed by atoms with Crippen molar-refractivity contribution in [1.29, 1.82) is 0 Å². The molecule has 7 nitrogen and oxygen atoms in total. The molecular formula is C22H24N4O3S2. The molecule has 2 aromatic heterocycles. The van der Waals surface area contributed by atoms with Gasteiger partial charge >= 0.3 is 0 Å². The van der Waals surface area contributed by atoms with Crippen LogP contribution in [0.3, 0.4) is 0 Å². The molecule has 0 bridgehead atoms. The number of thiophene rings is 1. The van der Waals surface area contributed by atoms with Crippen molar-refractivity contribution in [3.8, 4) is 0 Å². The zero-order valence-corrected chi connectivity index (χ0v) is 18.9. The fourth-order valence-corrected chi connectivity index (χ4v) is 7.47. The largest absolute Gasteiger partial charge is 0.369 e. The van der Waals surface area contributed by atoms with Crippen LogP contribution < -0.4 is 5.32 Å². The Labute approximate surface area is 185 Å².